The van der Waals surface area contributed by atoms with Crippen LogP contribution in [0.5, 0.6) is 0 Å². The molecule has 0 heterocycles. The van der Waals surface area contributed by atoms with Gasteiger partial charge in [0.05, 0.1) is 11.7 Å². The number of nitrogens with zero attached hydrogens (tertiary/aromatic N) is 1. The second-order valence-corrected chi connectivity index (χ2v) is 4.19. The molecule has 0 fully saturated rings. The molecule has 2 N–H and O–H groups in total. The van der Waals surface area contributed by atoms with Crippen LogP contribution in [0.1, 0.15) is 27.2 Å². The van der Waals surface area contributed by atoms with Crippen molar-refractivity contribution in [1.82, 2.24) is 4.90 Å². The summed E-state index contributed by atoms with van der Waals surface area (Å²) in [4.78, 5) is 2.02. The molecule has 0 aliphatic rings. The van der Waals surface area contributed by atoms with E-state index in [1.807, 2.05) is 11.9 Å². The average Bonchev–Trinajstić information content (AvgIpc) is 1.79. The Morgan fingerprint density at radius 3 is 2.25 bits per heavy atom. The minimum atomic E-state index is -0.645. The maximum atomic E-state index is 9.45. The lowest BCUT2D eigenvalue weighted by Gasteiger charge is -2.25. The predicted molar refractivity (Wildman–Crippen MR) is 50.1 cm³/mol. The highest BCUT2D eigenvalue weighted by molar-refractivity contribution is 4.69. The van der Waals surface area contributed by atoms with E-state index >= 15 is 0 Å². The van der Waals surface area contributed by atoms with E-state index in [9.17, 15) is 5.11 Å². The van der Waals surface area contributed by atoms with E-state index in [2.05, 4.69) is 0 Å². The number of rotatable bonds is 5. The summed E-state index contributed by atoms with van der Waals surface area (Å²) in [6, 6.07) is 0. The van der Waals surface area contributed by atoms with Crippen molar-refractivity contribution in [1.29, 1.82) is 0 Å². The Kier molecular flexibility index (Phi) is 4.75. The van der Waals surface area contributed by atoms with Crippen molar-refractivity contribution in [2.75, 3.05) is 20.1 Å². The summed E-state index contributed by atoms with van der Waals surface area (Å²) in [5.74, 6) is 0. The first-order valence-electron chi connectivity index (χ1n) is 4.40. The van der Waals surface area contributed by atoms with Gasteiger partial charge in [0.1, 0.15) is 0 Å². The molecule has 1 unspecified atom stereocenters. The number of hydrogen-bond acceptors (Lipinski definition) is 3. The van der Waals surface area contributed by atoms with Crippen molar-refractivity contribution in [2.45, 2.75) is 38.9 Å². The molecule has 0 spiro atoms. The lowest BCUT2D eigenvalue weighted by atomic mass is 10.1. The zero-order valence-corrected chi connectivity index (χ0v) is 8.54. The summed E-state index contributed by atoms with van der Waals surface area (Å²) >= 11 is 0. The number of hydrogen-bond donors (Lipinski definition) is 2. The molecule has 0 aromatic carbocycles. The smallest absolute Gasteiger partial charge is 0.0718 e. The van der Waals surface area contributed by atoms with Gasteiger partial charge < -0.3 is 15.1 Å². The SMILES string of the molecule is CC(O)CCN(C)CC(C)(C)O. The van der Waals surface area contributed by atoms with E-state index in [0.717, 1.165) is 13.0 Å². The lowest BCUT2D eigenvalue weighted by molar-refractivity contribution is 0.0402. The second-order valence-electron chi connectivity index (χ2n) is 4.19. The molecule has 0 aliphatic carbocycles. The molecular weight excluding hydrogens is 154 g/mol. The molecular formula is C9H21NO2. The number of aliphatic hydroxyl groups excluding tert-OH is 1. The Labute approximate surface area is 75.0 Å². The molecule has 1 atom stereocenters. The van der Waals surface area contributed by atoms with Crippen molar-refractivity contribution >= 4 is 0 Å². The van der Waals surface area contributed by atoms with Gasteiger partial charge in [0, 0.05) is 13.1 Å². The van der Waals surface area contributed by atoms with E-state index in [1.54, 1.807) is 20.8 Å². The molecule has 0 radical (unpaired) electrons. The number of likely N-dealkylation sites (N-methyl/N-ethyl adjacent to an activating group) is 1. The van der Waals surface area contributed by atoms with Crippen molar-refractivity contribution in [2.24, 2.45) is 0 Å². The van der Waals surface area contributed by atoms with Gasteiger partial charge in [-0.1, -0.05) is 0 Å². The van der Waals surface area contributed by atoms with Gasteiger partial charge >= 0.3 is 0 Å². The third kappa shape index (κ3) is 7.98. The van der Waals surface area contributed by atoms with E-state index in [4.69, 9.17) is 5.11 Å². The average molecular weight is 175 g/mol. The third-order valence-corrected chi connectivity index (χ3v) is 1.59. The molecule has 0 rings (SSSR count). The fourth-order valence-corrected chi connectivity index (χ4v) is 1.15. The standard InChI is InChI=1S/C9H21NO2/c1-8(11)5-6-10(4)7-9(2,3)12/h8,11-12H,5-7H2,1-4H3. The summed E-state index contributed by atoms with van der Waals surface area (Å²) in [5, 5.41) is 18.5. The zero-order valence-electron chi connectivity index (χ0n) is 8.54. The molecule has 0 aromatic rings. The van der Waals surface area contributed by atoms with Crippen LogP contribution in [0.4, 0.5) is 0 Å². The van der Waals surface area contributed by atoms with Crippen LogP contribution in [-0.2, 0) is 0 Å². The first-order valence-corrected chi connectivity index (χ1v) is 4.40. The normalized spacial score (nSPS) is 15.2. The Balaban J connectivity index is 3.53. The summed E-state index contributed by atoms with van der Waals surface area (Å²) in [7, 11) is 1.94. The van der Waals surface area contributed by atoms with Crippen molar-refractivity contribution in [3.63, 3.8) is 0 Å². The van der Waals surface area contributed by atoms with Crippen molar-refractivity contribution in [3.05, 3.63) is 0 Å². The minimum Gasteiger partial charge on any atom is -0.393 e. The Morgan fingerprint density at radius 2 is 1.92 bits per heavy atom. The summed E-state index contributed by atoms with van der Waals surface area (Å²) in [6.45, 7) is 6.80. The Morgan fingerprint density at radius 1 is 1.42 bits per heavy atom. The number of aliphatic hydroxyl groups is 2. The van der Waals surface area contributed by atoms with E-state index in [0.29, 0.717) is 6.54 Å². The zero-order chi connectivity index (χ0) is 9.78. The molecule has 74 valence electrons. The summed E-state index contributed by atoms with van der Waals surface area (Å²) < 4.78 is 0. The highest BCUT2D eigenvalue weighted by Gasteiger charge is 2.15. The largest absolute Gasteiger partial charge is 0.393 e. The van der Waals surface area contributed by atoms with Gasteiger partial charge in [-0.3, -0.25) is 0 Å². The van der Waals surface area contributed by atoms with Gasteiger partial charge in [-0.2, -0.15) is 0 Å². The van der Waals surface area contributed by atoms with Crippen LogP contribution in [0.25, 0.3) is 0 Å². The third-order valence-electron chi connectivity index (χ3n) is 1.59. The molecule has 12 heavy (non-hydrogen) atoms. The van der Waals surface area contributed by atoms with Gasteiger partial charge in [0.25, 0.3) is 0 Å². The molecule has 3 heteroatoms. The maximum Gasteiger partial charge on any atom is 0.0718 e. The highest BCUT2D eigenvalue weighted by atomic mass is 16.3. The fraction of sp³-hybridized carbons (Fsp3) is 1.00. The van der Waals surface area contributed by atoms with Gasteiger partial charge in [-0.25, -0.2) is 0 Å². The maximum absolute atomic E-state index is 9.45. The predicted octanol–water partition coefficient (Wildman–Crippen LogP) is 0.460. The Hall–Kier alpha value is -0.120. The molecule has 0 saturated carbocycles. The van der Waals surface area contributed by atoms with E-state index in [-0.39, 0.29) is 6.10 Å². The van der Waals surface area contributed by atoms with Crippen LogP contribution in [-0.4, -0.2) is 47.0 Å². The molecule has 0 saturated heterocycles. The van der Waals surface area contributed by atoms with Crippen molar-refractivity contribution in [3.8, 4) is 0 Å². The van der Waals surface area contributed by atoms with Crippen LogP contribution >= 0.6 is 0 Å². The first kappa shape index (κ1) is 11.9. The van der Waals surface area contributed by atoms with E-state index in [1.165, 1.54) is 0 Å². The van der Waals surface area contributed by atoms with Crippen LogP contribution < -0.4 is 0 Å². The van der Waals surface area contributed by atoms with Crippen LogP contribution in [0.2, 0.25) is 0 Å². The summed E-state index contributed by atoms with van der Waals surface area (Å²) in [5.41, 5.74) is -0.645. The lowest BCUT2D eigenvalue weighted by Crippen LogP contribution is -2.37. The molecule has 0 aliphatic heterocycles. The highest BCUT2D eigenvalue weighted by Crippen LogP contribution is 2.03. The van der Waals surface area contributed by atoms with Crippen LogP contribution in [0.3, 0.4) is 0 Å². The van der Waals surface area contributed by atoms with Gasteiger partial charge in [-0.15, -0.1) is 0 Å². The minimum absolute atomic E-state index is 0.255. The van der Waals surface area contributed by atoms with Gasteiger partial charge in [0.15, 0.2) is 0 Å². The van der Waals surface area contributed by atoms with Crippen LogP contribution in [0, 0.1) is 0 Å². The molecule has 0 aromatic heterocycles. The van der Waals surface area contributed by atoms with Crippen molar-refractivity contribution < 1.29 is 10.2 Å². The molecule has 3 nitrogen and oxygen atoms in total. The quantitative estimate of drug-likeness (QED) is 0.638. The molecule has 0 bridgehead atoms. The van der Waals surface area contributed by atoms with Gasteiger partial charge in [-0.05, 0) is 34.2 Å². The van der Waals surface area contributed by atoms with E-state index < -0.39 is 5.60 Å². The topological polar surface area (TPSA) is 43.7 Å². The monoisotopic (exact) mass is 175 g/mol. The fourth-order valence-electron chi connectivity index (χ4n) is 1.15. The first-order chi connectivity index (χ1) is 5.31. The van der Waals surface area contributed by atoms with Gasteiger partial charge in [0.2, 0.25) is 0 Å². The molecule has 0 amide bonds. The Bertz CT molecular complexity index is 118. The van der Waals surface area contributed by atoms with Crippen LogP contribution in [0.15, 0.2) is 0 Å². The second kappa shape index (κ2) is 4.80. The summed E-state index contributed by atoms with van der Waals surface area (Å²) in [6.07, 6.45) is 0.501.